The number of rotatable bonds is 3. The summed E-state index contributed by atoms with van der Waals surface area (Å²) in [7, 11) is 1.85. The van der Waals surface area contributed by atoms with Gasteiger partial charge in [0.2, 0.25) is 0 Å². The highest BCUT2D eigenvalue weighted by Crippen LogP contribution is 2.40. The summed E-state index contributed by atoms with van der Waals surface area (Å²) in [6, 6.07) is 0. The first-order valence-electron chi connectivity index (χ1n) is 8.17. The lowest BCUT2D eigenvalue weighted by Gasteiger charge is -2.33. The molecule has 1 saturated carbocycles. The lowest BCUT2D eigenvalue weighted by molar-refractivity contribution is -0.0453. The number of ether oxygens (including phenoxy) is 1. The lowest BCUT2D eigenvalue weighted by atomic mass is 9.85. The zero-order chi connectivity index (χ0) is 15.2. The molecule has 0 saturated heterocycles. The van der Waals surface area contributed by atoms with E-state index in [4.69, 9.17) is 4.74 Å². The lowest BCUT2D eigenvalue weighted by Crippen LogP contribution is -2.34. The molecule has 0 N–H and O–H groups in total. The highest BCUT2D eigenvalue weighted by Gasteiger charge is 2.36. The summed E-state index contributed by atoms with van der Waals surface area (Å²) in [4.78, 5) is 0. The van der Waals surface area contributed by atoms with Crippen LogP contribution in [-0.2, 0) is 4.74 Å². The Hall–Kier alpha value is -0.0400. The average Bonchev–Trinajstić information content (AvgIpc) is 2.92. The van der Waals surface area contributed by atoms with Crippen LogP contribution in [0.2, 0.25) is 0 Å². The molecule has 0 aromatic heterocycles. The van der Waals surface area contributed by atoms with Crippen molar-refractivity contribution >= 4 is 0 Å². The van der Waals surface area contributed by atoms with E-state index in [1.165, 1.54) is 19.3 Å². The van der Waals surface area contributed by atoms with E-state index in [-0.39, 0.29) is 5.60 Å². The molecule has 114 valence electrons. The van der Waals surface area contributed by atoms with Crippen LogP contribution in [0.1, 0.15) is 88.0 Å². The van der Waals surface area contributed by atoms with Crippen LogP contribution in [0.3, 0.4) is 0 Å². The molecule has 0 aromatic carbocycles. The molecule has 0 aromatic rings. The summed E-state index contributed by atoms with van der Waals surface area (Å²) in [6.07, 6.45) is 5.25. The van der Waals surface area contributed by atoms with Gasteiger partial charge in [-0.1, -0.05) is 61.8 Å². The minimum absolute atomic E-state index is 0.144. The van der Waals surface area contributed by atoms with E-state index >= 15 is 0 Å². The molecule has 18 heavy (non-hydrogen) atoms. The van der Waals surface area contributed by atoms with E-state index in [1.807, 2.05) is 48.7 Å². The molecule has 0 aliphatic heterocycles. The number of hydrogen-bond acceptors (Lipinski definition) is 1. The highest BCUT2D eigenvalue weighted by atomic mass is 16.5. The Kier molecular flexibility index (Phi) is 19.3. The summed E-state index contributed by atoms with van der Waals surface area (Å²) in [6.45, 7) is 18.8. The van der Waals surface area contributed by atoms with Crippen molar-refractivity contribution in [3.05, 3.63) is 0 Å². The Morgan fingerprint density at radius 2 is 1.44 bits per heavy atom. The van der Waals surface area contributed by atoms with Gasteiger partial charge in [0.05, 0.1) is 5.60 Å². The zero-order valence-electron chi connectivity index (χ0n) is 14.9. The normalized spacial score (nSPS) is 24.3. The molecule has 0 radical (unpaired) electrons. The van der Waals surface area contributed by atoms with Gasteiger partial charge in [0.1, 0.15) is 0 Å². The highest BCUT2D eigenvalue weighted by molar-refractivity contribution is 4.87. The molecule has 0 heterocycles. The van der Waals surface area contributed by atoms with Crippen molar-refractivity contribution < 1.29 is 4.74 Å². The molecule has 0 spiro atoms. The van der Waals surface area contributed by atoms with Gasteiger partial charge in [-0.25, -0.2) is 0 Å². The number of hydrogen-bond donors (Lipinski definition) is 0. The maximum atomic E-state index is 5.62. The fourth-order valence-electron chi connectivity index (χ4n) is 2.36. The van der Waals surface area contributed by atoms with E-state index in [1.54, 1.807) is 0 Å². The Labute approximate surface area is 118 Å². The minimum Gasteiger partial charge on any atom is -0.378 e. The third-order valence-electron chi connectivity index (χ3n) is 3.73. The zero-order valence-corrected chi connectivity index (χ0v) is 14.9. The van der Waals surface area contributed by atoms with Gasteiger partial charge >= 0.3 is 0 Å². The Morgan fingerprint density at radius 3 is 1.67 bits per heavy atom. The van der Waals surface area contributed by atoms with Gasteiger partial charge in [0, 0.05) is 7.11 Å². The molecule has 1 rings (SSSR count). The molecule has 1 fully saturated rings. The second kappa shape index (κ2) is 15.0. The monoisotopic (exact) mass is 260 g/mol. The standard InChI is InChI=1S/C11H22O.3C2H6/c1-5-11(3,12-4)10-7-6-9(2)8-10;3*1-2/h9-10H,5-8H2,1-4H3;3*1-2H3. The molecule has 0 bridgehead atoms. The van der Waals surface area contributed by atoms with Gasteiger partial charge in [-0.05, 0) is 38.0 Å². The van der Waals surface area contributed by atoms with Crippen molar-refractivity contribution in [3.63, 3.8) is 0 Å². The van der Waals surface area contributed by atoms with Gasteiger partial charge in [-0.15, -0.1) is 0 Å². The topological polar surface area (TPSA) is 9.23 Å². The van der Waals surface area contributed by atoms with Crippen LogP contribution in [0, 0.1) is 11.8 Å². The largest absolute Gasteiger partial charge is 0.378 e. The van der Waals surface area contributed by atoms with Crippen LogP contribution in [-0.4, -0.2) is 12.7 Å². The van der Waals surface area contributed by atoms with Crippen LogP contribution in [0.25, 0.3) is 0 Å². The van der Waals surface area contributed by atoms with E-state index in [0.717, 1.165) is 18.3 Å². The van der Waals surface area contributed by atoms with Crippen molar-refractivity contribution in [1.82, 2.24) is 0 Å². The summed E-state index contributed by atoms with van der Waals surface area (Å²) in [5.74, 6) is 1.71. The summed E-state index contributed by atoms with van der Waals surface area (Å²) in [5.41, 5.74) is 0.144. The fraction of sp³-hybridized carbons (Fsp3) is 1.00. The fourth-order valence-corrected chi connectivity index (χ4v) is 2.36. The predicted molar refractivity (Wildman–Crippen MR) is 86.3 cm³/mol. The van der Waals surface area contributed by atoms with Crippen molar-refractivity contribution in [1.29, 1.82) is 0 Å². The average molecular weight is 261 g/mol. The molecule has 1 heteroatoms. The van der Waals surface area contributed by atoms with E-state index in [2.05, 4.69) is 20.8 Å². The third kappa shape index (κ3) is 8.13. The summed E-state index contributed by atoms with van der Waals surface area (Å²) in [5, 5.41) is 0. The first-order chi connectivity index (χ1) is 8.62. The SMILES string of the molecule is CC.CC.CC.CCC(C)(OC)C1CCC(C)C1. The maximum Gasteiger partial charge on any atom is 0.0676 e. The van der Waals surface area contributed by atoms with Crippen LogP contribution < -0.4 is 0 Å². The smallest absolute Gasteiger partial charge is 0.0676 e. The molecule has 3 unspecified atom stereocenters. The Morgan fingerprint density at radius 1 is 1.00 bits per heavy atom. The van der Waals surface area contributed by atoms with Crippen molar-refractivity contribution in [2.45, 2.75) is 93.6 Å². The van der Waals surface area contributed by atoms with E-state index < -0.39 is 0 Å². The van der Waals surface area contributed by atoms with E-state index in [0.29, 0.717) is 0 Å². The Balaban J connectivity index is -0.000000328. The molecular formula is C17H40O. The van der Waals surface area contributed by atoms with Crippen molar-refractivity contribution in [3.8, 4) is 0 Å². The molecule has 1 aliphatic rings. The second-order valence-corrected chi connectivity index (χ2v) is 4.49. The van der Waals surface area contributed by atoms with Crippen molar-refractivity contribution in [2.24, 2.45) is 11.8 Å². The quantitative estimate of drug-likeness (QED) is 0.577. The van der Waals surface area contributed by atoms with Crippen LogP contribution in [0.4, 0.5) is 0 Å². The first-order valence-corrected chi connectivity index (χ1v) is 8.17. The minimum atomic E-state index is 0.144. The van der Waals surface area contributed by atoms with Gasteiger partial charge in [0.15, 0.2) is 0 Å². The summed E-state index contributed by atoms with van der Waals surface area (Å²) < 4.78 is 5.62. The predicted octanol–water partition coefficient (Wildman–Crippen LogP) is 6.32. The molecular weight excluding hydrogens is 220 g/mol. The Bertz CT molecular complexity index is 139. The van der Waals surface area contributed by atoms with Crippen LogP contribution in [0.15, 0.2) is 0 Å². The van der Waals surface area contributed by atoms with E-state index in [9.17, 15) is 0 Å². The molecule has 1 nitrogen and oxygen atoms in total. The number of methoxy groups -OCH3 is 1. The first kappa shape index (κ1) is 23.1. The van der Waals surface area contributed by atoms with Crippen LogP contribution in [0.5, 0.6) is 0 Å². The molecule has 3 atom stereocenters. The maximum absolute atomic E-state index is 5.62. The van der Waals surface area contributed by atoms with Crippen LogP contribution >= 0.6 is 0 Å². The molecule has 1 aliphatic carbocycles. The van der Waals surface area contributed by atoms with Gasteiger partial charge < -0.3 is 4.74 Å². The van der Waals surface area contributed by atoms with Gasteiger partial charge in [-0.2, -0.15) is 0 Å². The van der Waals surface area contributed by atoms with Crippen molar-refractivity contribution in [2.75, 3.05) is 7.11 Å². The molecule has 0 amide bonds. The third-order valence-corrected chi connectivity index (χ3v) is 3.73. The second-order valence-electron chi connectivity index (χ2n) is 4.49. The van der Waals surface area contributed by atoms with Gasteiger partial charge in [0.25, 0.3) is 0 Å². The van der Waals surface area contributed by atoms with Gasteiger partial charge in [-0.3, -0.25) is 0 Å². The summed E-state index contributed by atoms with van der Waals surface area (Å²) >= 11 is 0.